The average Bonchev–Trinajstić information content (AvgIpc) is 2.57. The number of halogens is 1. The van der Waals surface area contributed by atoms with E-state index < -0.39 is 5.97 Å². The number of carboxylic acids is 1. The molecule has 0 spiro atoms. The van der Waals surface area contributed by atoms with E-state index in [0.29, 0.717) is 27.5 Å². The van der Waals surface area contributed by atoms with Gasteiger partial charge in [-0.3, -0.25) is 0 Å². The highest BCUT2D eigenvalue weighted by Gasteiger charge is 2.15. The lowest BCUT2D eigenvalue weighted by atomic mass is 9.99. The maximum atomic E-state index is 11.7. The minimum atomic E-state index is -0.966. The number of pyridine rings is 1. The van der Waals surface area contributed by atoms with Gasteiger partial charge in [-0.05, 0) is 42.5 Å². The minimum Gasteiger partial charge on any atom is -0.478 e. The summed E-state index contributed by atoms with van der Waals surface area (Å²) >= 11 is 6.20. The first-order valence-electron chi connectivity index (χ1n) is 8.29. The first-order chi connectivity index (χ1) is 11.9. The van der Waals surface area contributed by atoms with Crippen LogP contribution < -0.4 is 0 Å². The summed E-state index contributed by atoms with van der Waals surface area (Å²) in [5.41, 5.74) is 4.47. The number of nitrogens with zero attached hydrogens (tertiary/aromatic N) is 1. The van der Waals surface area contributed by atoms with Crippen molar-refractivity contribution in [3.8, 4) is 11.3 Å². The monoisotopic (exact) mass is 353 g/mol. The summed E-state index contributed by atoms with van der Waals surface area (Å²) in [6.07, 6.45) is 1.01. The summed E-state index contributed by atoms with van der Waals surface area (Å²) in [6, 6.07) is 13.2. The van der Waals surface area contributed by atoms with E-state index in [1.54, 1.807) is 18.2 Å². The highest BCUT2D eigenvalue weighted by molar-refractivity contribution is 6.32. The Bertz CT molecular complexity index is 946. The van der Waals surface area contributed by atoms with E-state index in [-0.39, 0.29) is 5.56 Å². The van der Waals surface area contributed by atoms with Crippen molar-refractivity contribution in [1.29, 1.82) is 0 Å². The maximum Gasteiger partial charge on any atom is 0.336 e. The SMILES string of the molecule is Cc1c(Cl)ccc2c(C(=O)O)cc(-c3ccc(CC(C)C)cc3)nc12. The number of benzene rings is 2. The topological polar surface area (TPSA) is 50.2 Å². The number of carbonyl (C=O) groups is 1. The molecule has 0 aliphatic carbocycles. The first kappa shape index (κ1) is 17.4. The number of fused-ring (bicyclic) bond motifs is 1. The number of hydrogen-bond acceptors (Lipinski definition) is 2. The molecule has 0 atom stereocenters. The molecule has 1 aromatic heterocycles. The van der Waals surface area contributed by atoms with E-state index in [4.69, 9.17) is 16.6 Å². The number of rotatable bonds is 4. The zero-order chi connectivity index (χ0) is 18.1. The van der Waals surface area contributed by atoms with Crippen LogP contribution >= 0.6 is 11.6 Å². The predicted octanol–water partition coefficient (Wildman–Crippen LogP) is 5.76. The zero-order valence-electron chi connectivity index (χ0n) is 14.5. The van der Waals surface area contributed by atoms with Crippen molar-refractivity contribution in [1.82, 2.24) is 4.98 Å². The van der Waals surface area contributed by atoms with Crippen molar-refractivity contribution in [2.24, 2.45) is 5.92 Å². The van der Waals surface area contributed by atoms with Crippen molar-refractivity contribution < 1.29 is 9.90 Å². The molecule has 0 aliphatic heterocycles. The lowest BCUT2D eigenvalue weighted by Gasteiger charge is -2.11. The largest absolute Gasteiger partial charge is 0.478 e. The van der Waals surface area contributed by atoms with Gasteiger partial charge in [0.2, 0.25) is 0 Å². The van der Waals surface area contributed by atoms with Gasteiger partial charge in [0.25, 0.3) is 0 Å². The molecule has 25 heavy (non-hydrogen) atoms. The number of aromatic nitrogens is 1. The quantitative estimate of drug-likeness (QED) is 0.648. The van der Waals surface area contributed by atoms with Gasteiger partial charge in [0.1, 0.15) is 0 Å². The van der Waals surface area contributed by atoms with Crippen molar-refractivity contribution in [2.45, 2.75) is 27.2 Å². The highest BCUT2D eigenvalue weighted by atomic mass is 35.5. The minimum absolute atomic E-state index is 0.242. The molecule has 2 aromatic carbocycles. The molecule has 0 bridgehead atoms. The molecule has 128 valence electrons. The molecule has 3 rings (SSSR count). The van der Waals surface area contributed by atoms with Crippen LogP contribution in [0.15, 0.2) is 42.5 Å². The Hall–Kier alpha value is -2.39. The maximum absolute atomic E-state index is 11.7. The van der Waals surface area contributed by atoms with Gasteiger partial charge in [0, 0.05) is 16.0 Å². The molecule has 0 radical (unpaired) electrons. The van der Waals surface area contributed by atoms with Crippen molar-refractivity contribution in [3.05, 3.63) is 64.2 Å². The highest BCUT2D eigenvalue weighted by Crippen LogP contribution is 2.30. The molecule has 0 fully saturated rings. The van der Waals surface area contributed by atoms with Crippen LogP contribution in [0.3, 0.4) is 0 Å². The molecule has 3 aromatic rings. The zero-order valence-corrected chi connectivity index (χ0v) is 15.3. The fourth-order valence-electron chi connectivity index (χ4n) is 3.01. The van der Waals surface area contributed by atoms with Crippen LogP contribution in [0.5, 0.6) is 0 Å². The van der Waals surface area contributed by atoms with Crippen LogP contribution in [-0.2, 0) is 6.42 Å². The Labute approximate surface area is 152 Å². The van der Waals surface area contributed by atoms with Gasteiger partial charge >= 0.3 is 5.97 Å². The summed E-state index contributed by atoms with van der Waals surface area (Å²) in [5.74, 6) is -0.375. The van der Waals surface area contributed by atoms with Crippen LogP contribution in [0, 0.1) is 12.8 Å². The Kier molecular flexibility index (Phi) is 4.78. The third-order valence-corrected chi connectivity index (χ3v) is 4.70. The van der Waals surface area contributed by atoms with E-state index in [9.17, 15) is 9.90 Å². The van der Waals surface area contributed by atoms with Gasteiger partial charge in [-0.25, -0.2) is 9.78 Å². The van der Waals surface area contributed by atoms with Gasteiger partial charge < -0.3 is 5.11 Å². The van der Waals surface area contributed by atoms with E-state index >= 15 is 0 Å². The molecular formula is C21H20ClNO2. The number of aryl methyl sites for hydroxylation is 1. The molecule has 0 saturated carbocycles. The molecule has 4 heteroatoms. The van der Waals surface area contributed by atoms with E-state index in [2.05, 4.69) is 26.0 Å². The Morgan fingerprint density at radius 2 is 1.84 bits per heavy atom. The smallest absolute Gasteiger partial charge is 0.336 e. The van der Waals surface area contributed by atoms with Crippen LogP contribution in [0.4, 0.5) is 0 Å². The fraction of sp³-hybridized carbons (Fsp3) is 0.238. The molecule has 0 saturated heterocycles. The summed E-state index contributed by atoms with van der Waals surface area (Å²) in [6.45, 7) is 6.23. The van der Waals surface area contributed by atoms with Crippen molar-refractivity contribution >= 4 is 28.5 Å². The van der Waals surface area contributed by atoms with Crippen LogP contribution in [0.2, 0.25) is 5.02 Å². The molecule has 0 unspecified atom stereocenters. The summed E-state index contributed by atoms with van der Waals surface area (Å²) in [7, 11) is 0. The van der Waals surface area contributed by atoms with E-state index in [1.807, 2.05) is 19.1 Å². The third kappa shape index (κ3) is 3.52. The predicted molar refractivity (Wildman–Crippen MR) is 102 cm³/mol. The number of aromatic carboxylic acids is 1. The fourth-order valence-corrected chi connectivity index (χ4v) is 3.16. The Balaban J connectivity index is 2.16. The van der Waals surface area contributed by atoms with E-state index in [1.165, 1.54) is 5.56 Å². The van der Waals surface area contributed by atoms with Crippen LogP contribution in [0.1, 0.15) is 35.3 Å². The summed E-state index contributed by atoms with van der Waals surface area (Å²) in [5, 5.41) is 10.8. The molecule has 0 aliphatic rings. The molecule has 1 heterocycles. The van der Waals surface area contributed by atoms with Crippen molar-refractivity contribution in [3.63, 3.8) is 0 Å². The van der Waals surface area contributed by atoms with Crippen LogP contribution in [0.25, 0.3) is 22.2 Å². The summed E-state index contributed by atoms with van der Waals surface area (Å²) in [4.78, 5) is 16.4. The second kappa shape index (κ2) is 6.85. The standard InChI is InChI=1S/C21H20ClNO2/c1-12(2)10-14-4-6-15(7-5-14)19-11-17(21(24)25)16-8-9-18(22)13(3)20(16)23-19/h4-9,11-12H,10H2,1-3H3,(H,24,25). The molecule has 1 N–H and O–H groups in total. The van der Waals surface area contributed by atoms with Crippen LogP contribution in [-0.4, -0.2) is 16.1 Å². The van der Waals surface area contributed by atoms with Gasteiger partial charge in [-0.1, -0.05) is 55.8 Å². The van der Waals surface area contributed by atoms with Gasteiger partial charge in [-0.2, -0.15) is 0 Å². The average molecular weight is 354 g/mol. The number of carboxylic acid groups (broad SMARTS) is 1. The first-order valence-corrected chi connectivity index (χ1v) is 8.67. The van der Waals surface area contributed by atoms with Crippen molar-refractivity contribution in [2.75, 3.05) is 0 Å². The number of hydrogen-bond donors (Lipinski definition) is 1. The lowest BCUT2D eigenvalue weighted by Crippen LogP contribution is -2.01. The lowest BCUT2D eigenvalue weighted by molar-refractivity contribution is 0.0699. The summed E-state index contributed by atoms with van der Waals surface area (Å²) < 4.78 is 0. The molecular weight excluding hydrogens is 334 g/mol. The van der Waals surface area contributed by atoms with Gasteiger partial charge in [0.05, 0.1) is 16.8 Å². The van der Waals surface area contributed by atoms with E-state index in [0.717, 1.165) is 17.5 Å². The van der Waals surface area contributed by atoms with Gasteiger partial charge in [-0.15, -0.1) is 0 Å². The van der Waals surface area contributed by atoms with Gasteiger partial charge in [0.15, 0.2) is 0 Å². The second-order valence-corrected chi connectivity index (χ2v) is 7.13. The Morgan fingerprint density at radius 1 is 1.16 bits per heavy atom. The normalized spacial score (nSPS) is 11.2. The molecule has 3 nitrogen and oxygen atoms in total. The Morgan fingerprint density at radius 3 is 2.44 bits per heavy atom. The molecule has 0 amide bonds. The second-order valence-electron chi connectivity index (χ2n) is 6.72. The third-order valence-electron chi connectivity index (χ3n) is 4.29.